The van der Waals surface area contributed by atoms with Crippen LogP contribution in [0.3, 0.4) is 0 Å². The van der Waals surface area contributed by atoms with Crippen LogP contribution in [0.25, 0.3) is 0 Å². The topological polar surface area (TPSA) is 269 Å². The minimum absolute atomic E-state index is 0.0442. The van der Waals surface area contributed by atoms with E-state index in [1.807, 2.05) is 6.92 Å². The molecule has 3 aliphatic heterocycles. The van der Waals surface area contributed by atoms with Gasteiger partial charge in [0.2, 0.25) is 0 Å². The van der Waals surface area contributed by atoms with E-state index in [0.717, 1.165) is 19.3 Å². The van der Waals surface area contributed by atoms with Crippen LogP contribution in [-0.4, -0.2) is 168 Å². The van der Waals surface area contributed by atoms with E-state index in [-0.39, 0.29) is 66.5 Å². The Bertz CT molecular complexity index is 1370. The quantitative estimate of drug-likeness (QED) is 0.0867. The summed E-state index contributed by atoms with van der Waals surface area (Å²) in [6.07, 6.45) is -12.1. The van der Waals surface area contributed by atoms with Crippen molar-refractivity contribution in [3.05, 3.63) is 12.2 Å². The summed E-state index contributed by atoms with van der Waals surface area (Å²) < 4.78 is 29.3. The molecule has 0 aromatic rings. The molecular weight excluding hydrogens is 724 g/mol. The molecule has 7 aliphatic rings. The zero-order valence-corrected chi connectivity index (χ0v) is 32.0. The third kappa shape index (κ3) is 6.96. The van der Waals surface area contributed by atoms with E-state index in [0.29, 0.717) is 24.8 Å². The van der Waals surface area contributed by atoms with Gasteiger partial charge in [0.1, 0.15) is 48.8 Å². The lowest BCUT2D eigenvalue weighted by Gasteiger charge is -2.63. The molecule has 3 heterocycles. The molecule has 316 valence electrons. The maximum absolute atomic E-state index is 11.9. The SMILES string of the molecule is C=C(CCC1(O)OC2CC3C4CC(O)C5CC(OC6OC(CO)C(O)C(O)C6O)CC(O)C5(C)C4CCC3(C)C2C1C)COC1OC(CO)C(O)C(O)C1O. The van der Waals surface area contributed by atoms with Gasteiger partial charge in [-0.15, -0.1) is 0 Å². The highest BCUT2D eigenvalue weighted by Crippen LogP contribution is 2.71. The fourth-order valence-electron chi connectivity index (χ4n) is 12.6. The van der Waals surface area contributed by atoms with Crippen molar-refractivity contribution < 1.29 is 79.9 Å². The van der Waals surface area contributed by atoms with Gasteiger partial charge in [-0.1, -0.05) is 32.9 Å². The normalized spacial score (nSPS) is 56.3. The second-order valence-corrected chi connectivity index (χ2v) is 18.4. The van der Waals surface area contributed by atoms with E-state index in [9.17, 15) is 56.2 Å². The average Bonchev–Trinajstić information content (AvgIpc) is 3.59. The summed E-state index contributed by atoms with van der Waals surface area (Å²) in [4.78, 5) is 0. The number of hydrogen-bond acceptors (Lipinski definition) is 16. The Morgan fingerprint density at radius 2 is 1.38 bits per heavy atom. The zero-order chi connectivity index (χ0) is 39.9. The van der Waals surface area contributed by atoms with Gasteiger partial charge in [-0.25, -0.2) is 0 Å². The third-order valence-electron chi connectivity index (χ3n) is 15.7. The Hall–Kier alpha value is -0.900. The summed E-state index contributed by atoms with van der Waals surface area (Å²) in [6.45, 7) is 9.29. The van der Waals surface area contributed by atoms with Gasteiger partial charge in [-0.3, -0.25) is 0 Å². The molecule has 7 fully saturated rings. The van der Waals surface area contributed by atoms with Crippen molar-refractivity contribution in [3.63, 3.8) is 0 Å². The van der Waals surface area contributed by atoms with E-state index in [4.69, 9.17) is 23.7 Å². The van der Waals surface area contributed by atoms with E-state index in [2.05, 4.69) is 20.4 Å². The van der Waals surface area contributed by atoms with E-state index < -0.39 is 104 Å². The highest BCUT2D eigenvalue weighted by Gasteiger charge is 2.70. The number of fused-ring (bicyclic) bond motifs is 7. The van der Waals surface area contributed by atoms with E-state index in [1.54, 1.807) is 0 Å². The van der Waals surface area contributed by atoms with Gasteiger partial charge in [0.25, 0.3) is 0 Å². The Labute approximate surface area is 321 Å². The Morgan fingerprint density at radius 1 is 0.764 bits per heavy atom. The lowest BCUT2D eigenvalue weighted by molar-refractivity contribution is -0.322. The minimum atomic E-state index is -1.58. The highest BCUT2D eigenvalue weighted by atomic mass is 16.7. The van der Waals surface area contributed by atoms with Crippen LogP contribution in [0.15, 0.2) is 12.2 Å². The van der Waals surface area contributed by atoms with Gasteiger partial charge in [0.05, 0.1) is 44.2 Å². The molecule has 0 radical (unpaired) electrons. The molecule has 0 aromatic heterocycles. The number of ether oxygens (including phenoxy) is 5. The van der Waals surface area contributed by atoms with Crippen LogP contribution >= 0.6 is 0 Å². The maximum Gasteiger partial charge on any atom is 0.187 e. The van der Waals surface area contributed by atoms with E-state index >= 15 is 0 Å². The molecule has 23 unspecified atom stereocenters. The number of rotatable bonds is 10. The van der Waals surface area contributed by atoms with Crippen LogP contribution < -0.4 is 0 Å². The molecule has 16 heteroatoms. The fourth-order valence-corrected chi connectivity index (χ4v) is 12.6. The molecule has 11 N–H and O–H groups in total. The molecule has 16 nitrogen and oxygen atoms in total. The van der Waals surface area contributed by atoms with E-state index in [1.165, 1.54) is 0 Å². The molecule has 7 rings (SSSR count). The van der Waals surface area contributed by atoms with Crippen molar-refractivity contribution in [2.75, 3.05) is 19.8 Å². The third-order valence-corrected chi connectivity index (χ3v) is 15.7. The van der Waals surface area contributed by atoms with Crippen molar-refractivity contribution in [2.24, 2.45) is 46.3 Å². The summed E-state index contributed by atoms with van der Waals surface area (Å²) >= 11 is 0. The molecule has 55 heavy (non-hydrogen) atoms. The van der Waals surface area contributed by atoms with Gasteiger partial charge in [-0.05, 0) is 73.5 Å². The second kappa shape index (κ2) is 15.6. The summed E-state index contributed by atoms with van der Waals surface area (Å²) in [5.74, 6) is -1.39. The predicted octanol–water partition coefficient (Wildman–Crippen LogP) is -1.74. The van der Waals surface area contributed by atoms with Crippen LogP contribution in [0.1, 0.15) is 72.1 Å². The lowest BCUT2D eigenvalue weighted by Crippen LogP contribution is -2.64. The van der Waals surface area contributed by atoms with Gasteiger partial charge >= 0.3 is 0 Å². The molecule has 0 bridgehead atoms. The number of aliphatic hydroxyl groups excluding tert-OH is 10. The number of hydrogen-bond donors (Lipinski definition) is 11. The Balaban J connectivity index is 0.969. The minimum Gasteiger partial charge on any atom is -0.394 e. The Morgan fingerprint density at radius 3 is 2.02 bits per heavy atom. The standard InChI is InChI=1S/C39H64O16/c1-16(15-51-35-33(48)31(46)29(44)25(13-40)53-35)5-8-39(50)17(2)28-24(55-39)12-21-19-11-23(42)22-9-18(52-36-34(49)32(47)30(45)26(14-41)54-36)10-27(43)38(22,4)20(19)6-7-37(21,28)3/h17-36,40-50H,1,5-15H2,2-4H3. The van der Waals surface area contributed by atoms with Gasteiger partial charge in [0.15, 0.2) is 18.4 Å². The molecule has 4 saturated carbocycles. The van der Waals surface area contributed by atoms with Crippen LogP contribution in [-0.2, 0) is 23.7 Å². The van der Waals surface area contributed by atoms with Crippen molar-refractivity contribution in [3.8, 4) is 0 Å². The first-order valence-electron chi connectivity index (χ1n) is 20.2. The van der Waals surface area contributed by atoms with Crippen LogP contribution in [0.2, 0.25) is 0 Å². The highest BCUT2D eigenvalue weighted by molar-refractivity contribution is 5.17. The van der Waals surface area contributed by atoms with Crippen LogP contribution in [0.4, 0.5) is 0 Å². The first-order valence-corrected chi connectivity index (χ1v) is 20.2. The molecule has 3 saturated heterocycles. The van der Waals surface area contributed by atoms with Crippen molar-refractivity contribution in [1.29, 1.82) is 0 Å². The number of aliphatic hydroxyl groups is 11. The van der Waals surface area contributed by atoms with Crippen LogP contribution in [0, 0.1) is 46.3 Å². The first-order chi connectivity index (χ1) is 25.9. The summed E-state index contributed by atoms with van der Waals surface area (Å²) in [6, 6.07) is 0. The van der Waals surface area contributed by atoms with Crippen molar-refractivity contribution >= 4 is 0 Å². The largest absolute Gasteiger partial charge is 0.394 e. The van der Waals surface area contributed by atoms with Gasteiger partial charge < -0.3 is 79.9 Å². The molecule has 0 amide bonds. The zero-order valence-electron chi connectivity index (χ0n) is 32.0. The summed E-state index contributed by atoms with van der Waals surface area (Å²) in [5, 5.41) is 116. The predicted molar refractivity (Wildman–Crippen MR) is 189 cm³/mol. The fraction of sp³-hybridized carbons (Fsp3) is 0.949. The van der Waals surface area contributed by atoms with Gasteiger partial charge in [0, 0.05) is 24.2 Å². The Kier molecular flexibility index (Phi) is 12.0. The average molecular weight is 789 g/mol. The molecule has 23 atom stereocenters. The second-order valence-electron chi connectivity index (χ2n) is 18.4. The van der Waals surface area contributed by atoms with Crippen molar-refractivity contribution in [2.45, 2.75) is 164 Å². The maximum atomic E-state index is 11.9. The van der Waals surface area contributed by atoms with Gasteiger partial charge in [-0.2, -0.15) is 0 Å². The molecular formula is C39H64O16. The first kappa shape index (κ1) is 42.2. The lowest BCUT2D eigenvalue weighted by atomic mass is 9.43. The molecule has 0 spiro atoms. The summed E-state index contributed by atoms with van der Waals surface area (Å²) in [5.41, 5.74) is -0.174. The monoisotopic (exact) mass is 788 g/mol. The molecule has 4 aliphatic carbocycles. The van der Waals surface area contributed by atoms with Crippen molar-refractivity contribution in [1.82, 2.24) is 0 Å². The summed E-state index contributed by atoms with van der Waals surface area (Å²) in [7, 11) is 0. The molecule has 0 aromatic carbocycles. The van der Waals surface area contributed by atoms with Crippen LogP contribution in [0.5, 0.6) is 0 Å². The smallest absolute Gasteiger partial charge is 0.187 e.